The van der Waals surface area contributed by atoms with Gasteiger partial charge >= 0.3 is 5.97 Å². The average molecular weight is 339 g/mol. The van der Waals surface area contributed by atoms with Gasteiger partial charge in [0.1, 0.15) is 6.10 Å². The zero-order chi connectivity index (χ0) is 18.7. The van der Waals surface area contributed by atoms with E-state index in [1.807, 2.05) is 37.3 Å². The van der Waals surface area contributed by atoms with E-state index in [1.165, 1.54) is 0 Å². The third kappa shape index (κ3) is 7.85. The van der Waals surface area contributed by atoms with Crippen molar-refractivity contribution in [1.82, 2.24) is 0 Å². The van der Waals surface area contributed by atoms with E-state index in [0.29, 0.717) is 18.8 Å². The lowest BCUT2D eigenvalue weighted by Crippen LogP contribution is -2.21. The van der Waals surface area contributed by atoms with Crippen LogP contribution in [0.1, 0.15) is 46.5 Å². The van der Waals surface area contributed by atoms with E-state index < -0.39 is 0 Å². The van der Waals surface area contributed by atoms with E-state index in [4.69, 9.17) is 10.00 Å². The number of esters is 1. The van der Waals surface area contributed by atoms with Gasteiger partial charge in [0.25, 0.3) is 0 Å². The smallest absolute Gasteiger partial charge is 0.306 e. The summed E-state index contributed by atoms with van der Waals surface area (Å²) in [5.41, 5.74) is 2.15. The Bertz CT molecular complexity index is 614. The van der Waals surface area contributed by atoms with Crippen molar-refractivity contribution in [1.29, 1.82) is 5.26 Å². The first kappa shape index (κ1) is 20.7. The van der Waals surface area contributed by atoms with Gasteiger partial charge in [-0.25, -0.2) is 0 Å². The van der Waals surface area contributed by atoms with E-state index in [0.717, 1.165) is 24.0 Å². The van der Waals surface area contributed by atoms with Gasteiger partial charge in [0.2, 0.25) is 0 Å². The summed E-state index contributed by atoms with van der Waals surface area (Å²) in [6.07, 6.45) is 15.7. The maximum absolute atomic E-state index is 12.3. The molecule has 0 bridgehead atoms. The summed E-state index contributed by atoms with van der Waals surface area (Å²) < 4.78 is 5.65. The molecule has 3 nitrogen and oxygen atoms in total. The molecule has 25 heavy (non-hydrogen) atoms. The number of carbonyl (C=O) groups excluding carboxylic acids is 1. The van der Waals surface area contributed by atoms with E-state index in [9.17, 15) is 4.79 Å². The molecule has 2 atom stereocenters. The lowest BCUT2D eigenvalue weighted by molar-refractivity contribution is -0.147. The minimum atomic E-state index is -0.303. The Labute approximate surface area is 152 Å². The lowest BCUT2D eigenvalue weighted by atomic mass is 9.91. The highest BCUT2D eigenvalue weighted by Crippen LogP contribution is 2.26. The Morgan fingerprint density at radius 2 is 2.16 bits per heavy atom. The fourth-order valence-electron chi connectivity index (χ4n) is 2.98. The third-order valence-corrected chi connectivity index (χ3v) is 4.05. The molecule has 1 rings (SSSR count). The van der Waals surface area contributed by atoms with Crippen LogP contribution in [0.25, 0.3) is 0 Å². The summed E-state index contributed by atoms with van der Waals surface area (Å²) in [4.78, 5) is 12.3. The van der Waals surface area contributed by atoms with Gasteiger partial charge in [0, 0.05) is 12.8 Å². The summed E-state index contributed by atoms with van der Waals surface area (Å²) in [6.45, 7) is 9.77. The number of hydrogen-bond acceptors (Lipinski definition) is 3. The molecule has 134 valence electrons. The highest BCUT2D eigenvalue weighted by atomic mass is 16.5. The van der Waals surface area contributed by atoms with Crippen molar-refractivity contribution < 1.29 is 9.53 Å². The van der Waals surface area contributed by atoms with Crippen LogP contribution in [0.2, 0.25) is 0 Å². The number of nitriles is 1. The third-order valence-electron chi connectivity index (χ3n) is 4.05. The van der Waals surface area contributed by atoms with E-state index >= 15 is 0 Å². The van der Waals surface area contributed by atoms with E-state index in [2.05, 4.69) is 32.6 Å². The van der Waals surface area contributed by atoms with Gasteiger partial charge in [-0.3, -0.25) is 4.79 Å². The maximum atomic E-state index is 12.3. The average Bonchev–Trinajstić information content (AvgIpc) is 2.55. The number of ether oxygens (including phenoxy) is 1. The summed E-state index contributed by atoms with van der Waals surface area (Å²) in [6, 6.07) is 2.18. The topological polar surface area (TPSA) is 50.1 Å². The van der Waals surface area contributed by atoms with Crippen molar-refractivity contribution in [2.24, 2.45) is 11.8 Å². The molecule has 0 aromatic carbocycles. The predicted octanol–water partition coefficient (Wildman–Crippen LogP) is 5.44. The Hall–Kier alpha value is -2.34. The molecule has 0 spiro atoms. The van der Waals surface area contributed by atoms with Gasteiger partial charge in [-0.2, -0.15) is 5.26 Å². The molecule has 0 N–H and O–H groups in total. The van der Waals surface area contributed by atoms with Crippen LogP contribution in [0.3, 0.4) is 0 Å². The molecule has 0 saturated heterocycles. The molecule has 0 aromatic heterocycles. The fraction of sp³-hybridized carbons (Fsp3) is 0.455. The highest BCUT2D eigenvalue weighted by Gasteiger charge is 2.21. The van der Waals surface area contributed by atoms with Crippen molar-refractivity contribution >= 4 is 5.97 Å². The van der Waals surface area contributed by atoms with Crippen LogP contribution < -0.4 is 0 Å². The molecule has 0 radical (unpaired) electrons. The van der Waals surface area contributed by atoms with Crippen LogP contribution in [0.15, 0.2) is 60.3 Å². The van der Waals surface area contributed by atoms with Gasteiger partial charge in [-0.05, 0) is 42.7 Å². The number of allylic oxidation sites excluding steroid dienone is 7. The molecule has 1 aliphatic carbocycles. The lowest BCUT2D eigenvalue weighted by Gasteiger charge is -2.22. The fourth-order valence-corrected chi connectivity index (χ4v) is 2.98. The molecule has 0 saturated carbocycles. The highest BCUT2D eigenvalue weighted by molar-refractivity contribution is 5.70. The predicted molar refractivity (Wildman–Crippen MR) is 103 cm³/mol. The molecule has 2 unspecified atom stereocenters. The first-order valence-corrected chi connectivity index (χ1v) is 8.89. The number of hydrogen-bond donors (Lipinski definition) is 0. The number of carbonyl (C=O) groups is 1. The molecular formula is C22H29NO2. The van der Waals surface area contributed by atoms with Gasteiger partial charge in [0.15, 0.2) is 0 Å². The second-order valence-corrected chi connectivity index (χ2v) is 6.76. The Balaban J connectivity index is 2.71. The van der Waals surface area contributed by atoms with E-state index in [-0.39, 0.29) is 18.0 Å². The summed E-state index contributed by atoms with van der Waals surface area (Å²) >= 11 is 0. The molecule has 0 fully saturated rings. The normalized spacial score (nSPS) is 18.0. The van der Waals surface area contributed by atoms with Crippen LogP contribution in [-0.4, -0.2) is 12.1 Å². The molecule has 1 aliphatic rings. The van der Waals surface area contributed by atoms with E-state index in [1.54, 1.807) is 6.08 Å². The first-order chi connectivity index (χ1) is 12.0. The summed E-state index contributed by atoms with van der Waals surface area (Å²) in [7, 11) is 0. The minimum Gasteiger partial charge on any atom is -0.458 e. The molecular weight excluding hydrogens is 310 g/mol. The summed E-state index contributed by atoms with van der Waals surface area (Å²) in [5.74, 6) is 0.293. The van der Waals surface area contributed by atoms with Gasteiger partial charge in [0.05, 0.1) is 6.07 Å². The Morgan fingerprint density at radius 3 is 2.80 bits per heavy atom. The van der Waals surface area contributed by atoms with Crippen molar-refractivity contribution in [3.63, 3.8) is 0 Å². The molecule has 3 heteroatoms. The zero-order valence-electron chi connectivity index (χ0n) is 15.6. The second-order valence-electron chi connectivity index (χ2n) is 6.76. The van der Waals surface area contributed by atoms with Crippen LogP contribution in [0, 0.1) is 23.2 Å². The van der Waals surface area contributed by atoms with Crippen molar-refractivity contribution in [3.05, 3.63) is 60.3 Å². The van der Waals surface area contributed by atoms with Crippen LogP contribution in [-0.2, 0) is 9.53 Å². The minimum absolute atomic E-state index is 0.0652. The van der Waals surface area contributed by atoms with Crippen molar-refractivity contribution in [3.8, 4) is 6.07 Å². The van der Waals surface area contributed by atoms with Gasteiger partial charge in [-0.1, -0.05) is 63.0 Å². The zero-order valence-corrected chi connectivity index (χ0v) is 15.6. The Kier molecular flexibility index (Phi) is 9.32. The van der Waals surface area contributed by atoms with Gasteiger partial charge in [-0.15, -0.1) is 0 Å². The largest absolute Gasteiger partial charge is 0.458 e. The quantitative estimate of drug-likeness (QED) is 0.415. The molecule has 0 amide bonds. The summed E-state index contributed by atoms with van der Waals surface area (Å²) in [5, 5.41) is 8.95. The maximum Gasteiger partial charge on any atom is 0.306 e. The van der Waals surface area contributed by atoms with Gasteiger partial charge < -0.3 is 4.74 Å². The first-order valence-electron chi connectivity index (χ1n) is 8.89. The van der Waals surface area contributed by atoms with Crippen LogP contribution in [0.5, 0.6) is 0 Å². The second kappa shape index (κ2) is 11.3. The standard InChI is InChI=1S/C22H29NO2/c1-5-6-7-10-20-11-8-9-12-21(20)18(4)25-22(24)16-19(13-14-23)15-17(2)3/h5-10,12,17-19H,1,11,13,15-16H2,2-4H3/b7-6-,20-10+. The SMILES string of the molecule is C=C/C=C\C=C1/CC=CC=C1C(C)OC(=O)CC(CC#N)CC(C)C. The number of nitrogens with zero attached hydrogens (tertiary/aromatic N) is 1. The van der Waals surface area contributed by atoms with Crippen molar-refractivity contribution in [2.75, 3.05) is 0 Å². The van der Waals surface area contributed by atoms with Crippen LogP contribution >= 0.6 is 0 Å². The molecule has 0 aromatic rings. The van der Waals surface area contributed by atoms with Crippen LogP contribution in [0.4, 0.5) is 0 Å². The monoisotopic (exact) mass is 339 g/mol. The molecule has 0 heterocycles. The van der Waals surface area contributed by atoms with Crippen molar-refractivity contribution in [2.45, 2.75) is 52.6 Å². The Morgan fingerprint density at radius 1 is 1.40 bits per heavy atom. The number of rotatable bonds is 9. The molecule has 0 aliphatic heterocycles.